The number of fused-ring (bicyclic) bond motifs is 1. The third kappa shape index (κ3) is 3.41. The Morgan fingerprint density at radius 3 is 2.55 bits per heavy atom. The van der Waals surface area contributed by atoms with Gasteiger partial charge in [-0.15, -0.1) is 0 Å². The SMILES string of the molecule is CCCCCCCCc1c(O)c2ccccc2oc1=O. The van der Waals surface area contributed by atoms with Crippen LogP contribution in [0.2, 0.25) is 0 Å². The van der Waals surface area contributed by atoms with E-state index in [-0.39, 0.29) is 5.75 Å². The van der Waals surface area contributed by atoms with Crippen molar-refractivity contribution in [3.63, 3.8) is 0 Å². The highest BCUT2D eigenvalue weighted by Crippen LogP contribution is 2.27. The van der Waals surface area contributed by atoms with Crippen molar-refractivity contribution in [2.24, 2.45) is 0 Å². The summed E-state index contributed by atoms with van der Waals surface area (Å²) in [7, 11) is 0. The Morgan fingerprint density at radius 1 is 1.05 bits per heavy atom. The summed E-state index contributed by atoms with van der Waals surface area (Å²) in [6.45, 7) is 2.19. The zero-order chi connectivity index (χ0) is 14.4. The summed E-state index contributed by atoms with van der Waals surface area (Å²) in [4.78, 5) is 11.9. The van der Waals surface area contributed by atoms with Crippen molar-refractivity contribution in [2.75, 3.05) is 0 Å². The van der Waals surface area contributed by atoms with Gasteiger partial charge in [-0.3, -0.25) is 0 Å². The van der Waals surface area contributed by atoms with Gasteiger partial charge in [-0.25, -0.2) is 4.79 Å². The van der Waals surface area contributed by atoms with E-state index < -0.39 is 5.63 Å². The topological polar surface area (TPSA) is 50.4 Å². The molecule has 0 saturated heterocycles. The van der Waals surface area contributed by atoms with Crippen LogP contribution < -0.4 is 5.63 Å². The summed E-state index contributed by atoms with van der Waals surface area (Å²) in [5, 5.41) is 10.8. The fourth-order valence-corrected chi connectivity index (χ4v) is 2.47. The molecule has 0 aliphatic rings. The molecule has 0 spiro atoms. The molecule has 0 aliphatic carbocycles. The third-order valence-corrected chi connectivity index (χ3v) is 3.66. The smallest absolute Gasteiger partial charge is 0.343 e. The van der Waals surface area contributed by atoms with E-state index in [9.17, 15) is 9.90 Å². The minimum absolute atomic E-state index is 0.0883. The van der Waals surface area contributed by atoms with Crippen molar-refractivity contribution in [3.8, 4) is 5.75 Å². The van der Waals surface area contributed by atoms with Crippen LogP contribution >= 0.6 is 0 Å². The lowest BCUT2D eigenvalue weighted by molar-refractivity contribution is 0.453. The highest BCUT2D eigenvalue weighted by Gasteiger charge is 2.12. The average Bonchev–Trinajstić information content (AvgIpc) is 2.45. The Bertz CT molecular complexity index is 613. The molecule has 20 heavy (non-hydrogen) atoms. The second-order valence-electron chi connectivity index (χ2n) is 5.23. The molecular weight excluding hydrogens is 252 g/mol. The Balaban J connectivity index is 2.05. The van der Waals surface area contributed by atoms with Crippen LogP contribution in [0.1, 0.15) is 51.0 Å². The van der Waals surface area contributed by atoms with E-state index in [1.165, 1.54) is 25.7 Å². The number of hydrogen-bond donors (Lipinski definition) is 1. The first-order chi connectivity index (χ1) is 9.74. The van der Waals surface area contributed by atoms with Crippen LogP contribution in [0.3, 0.4) is 0 Å². The van der Waals surface area contributed by atoms with Gasteiger partial charge in [-0.1, -0.05) is 51.2 Å². The molecule has 108 valence electrons. The van der Waals surface area contributed by atoms with Crippen molar-refractivity contribution in [1.82, 2.24) is 0 Å². The van der Waals surface area contributed by atoms with Gasteiger partial charge in [-0.05, 0) is 25.0 Å². The van der Waals surface area contributed by atoms with Gasteiger partial charge in [0.25, 0.3) is 0 Å². The molecule has 3 heteroatoms. The summed E-state index contributed by atoms with van der Waals surface area (Å²) in [5.74, 6) is 0.0883. The summed E-state index contributed by atoms with van der Waals surface area (Å²) in [6, 6.07) is 7.10. The van der Waals surface area contributed by atoms with Crippen molar-refractivity contribution < 1.29 is 9.52 Å². The van der Waals surface area contributed by atoms with Gasteiger partial charge in [0.15, 0.2) is 0 Å². The van der Waals surface area contributed by atoms with E-state index in [0.29, 0.717) is 23.0 Å². The molecule has 1 aromatic carbocycles. The van der Waals surface area contributed by atoms with E-state index in [2.05, 4.69) is 6.92 Å². The van der Waals surface area contributed by atoms with Gasteiger partial charge in [-0.2, -0.15) is 0 Å². The van der Waals surface area contributed by atoms with Crippen LogP contribution in [0.25, 0.3) is 11.0 Å². The standard InChI is InChI=1S/C17H22O3/c1-2-3-4-5-6-7-11-14-16(18)13-10-8-9-12-15(13)20-17(14)19/h8-10,12,18H,2-7,11H2,1H3. The van der Waals surface area contributed by atoms with E-state index in [4.69, 9.17) is 4.42 Å². The number of aromatic hydroxyl groups is 1. The van der Waals surface area contributed by atoms with Gasteiger partial charge >= 0.3 is 5.63 Å². The van der Waals surface area contributed by atoms with Gasteiger partial charge in [0.05, 0.1) is 10.9 Å². The first-order valence-corrected chi connectivity index (χ1v) is 7.47. The lowest BCUT2D eigenvalue weighted by Gasteiger charge is -2.06. The number of hydrogen-bond acceptors (Lipinski definition) is 3. The predicted octanol–water partition coefficient (Wildman–Crippen LogP) is 4.40. The minimum atomic E-state index is -0.408. The minimum Gasteiger partial charge on any atom is -0.507 e. The van der Waals surface area contributed by atoms with E-state index in [1.807, 2.05) is 6.07 Å². The monoisotopic (exact) mass is 274 g/mol. The molecule has 0 saturated carbocycles. The normalized spacial score (nSPS) is 11.1. The van der Waals surface area contributed by atoms with Crippen LogP contribution in [-0.4, -0.2) is 5.11 Å². The van der Waals surface area contributed by atoms with E-state index in [0.717, 1.165) is 12.8 Å². The quantitative estimate of drug-likeness (QED) is 0.601. The summed E-state index contributed by atoms with van der Waals surface area (Å²) in [5.41, 5.74) is 0.454. The van der Waals surface area contributed by atoms with Gasteiger partial charge in [0.1, 0.15) is 11.3 Å². The zero-order valence-electron chi connectivity index (χ0n) is 12.0. The summed E-state index contributed by atoms with van der Waals surface area (Å²) in [6.07, 6.45) is 7.53. The highest BCUT2D eigenvalue weighted by atomic mass is 16.4. The van der Waals surface area contributed by atoms with Crippen LogP contribution in [0.5, 0.6) is 5.75 Å². The largest absolute Gasteiger partial charge is 0.507 e. The maximum atomic E-state index is 11.9. The molecule has 0 bridgehead atoms. The molecule has 0 atom stereocenters. The molecule has 0 radical (unpaired) electrons. The van der Waals surface area contributed by atoms with Crippen LogP contribution in [0, 0.1) is 0 Å². The molecule has 0 aliphatic heterocycles. The van der Waals surface area contributed by atoms with Gasteiger partial charge in [0.2, 0.25) is 0 Å². The van der Waals surface area contributed by atoms with E-state index >= 15 is 0 Å². The van der Waals surface area contributed by atoms with Gasteiger partial charge in [0, 0.05) is 0 Å². The molecule has 2 rings (SSSR count). The molecule has 0 fully saturated rings. The molecular formula is C17H22O3. The number of unbranched alkanes of at least 4 members (excludes halogenated alkanes) is 5. The molecule has 1 N–H and O–H groups in total. The van der Waals surface area contributed by atoms with E-state index in [1.54, 1.807) is 18.2 Å². The maximum Gasteiger partial charge on any atom is 0.343 e. The molecule has 1 aromatic heterocycles. The molecule has 1 heterocycles. The lowest BCUT2D eigenvalue weighted by atomic mass is 10.0. The maximum absolute atomic E-state index is 11.9. The zero-order valence-corrected chi connectivity index (χ0v) is 12.0. The second-order valence-corrected chi connectivity index (χ2v) is 5.23. The first-order valence-electron chi connectivity index (χ1n) is 7.47. The van der Waals surface area contributed by atoms with Crippen molar-refractivity contribution >= 4 is 11.0 Å². The third-order valence-electron chi connectivity index (χ3n) is 3.66. The molecule has 3 nitrogen and oxygen atoms in total. The number of benzene rings is 1. The van der Waals surface area contributed by atoms with Crippen LogP contribution in [0.4, 0.5) is 0 Å². The molecule has 2 aromatic rings. The number of rotatable bonds is 7. The molecule has 0 unspecified atom stereocenters. The van der Waals surface area contributed by atoms with Crippen LogP contribution in [0.15, 0.2) is 33.5 Å². The average molecular weight is 274 g/mol. The van der Waals surface area contributed by atoms with Gasteiger partial charge < -0.3 is 9.52 Å². The highest BCUT2D eigenvalue weighted by molar-refractivity contribution is 5.83. The Hall–Kier alpha value is -1.77. The van der Waals surface area contributed by atoms with Crippen molar-refractivity contribution in [1.29, 1.82) is 0 Å². The van der Waals surface area contributed by atoms with Crippen molar-refractivity contribution in [2.45, 2.75) is 51.9 Å². The van der Waals surface area contributed by atoms with Crippen molar-refractivity contribution in [3.05, 3.63) is 40.2 Å². The second kappa shape index (κ2) is 7.13. The summed E-state index contributed by atoms with van der Waals surface area (Å²) >= 11 is 0. The first kappa shape index (κ1) is 14.6. The van der Waals surface area contributed by atoms with Crippen LogP contribution in [-0.2, 0) is 6.42 Å². The Morgan fingerprint density at radius 2 is 1.75 bits per heavy atom. The molecule has 0 amide bonds. The Kier molecular flexibility index (Phi) is 5.22. The Labute approximate surface area is 119 Å². The fourth-order valence-electron chi connectivity index (χ4n) is 2.47. The lowest BCUT2D eigenvalue weighted by Crippen LogP contribution is -2.07. The fraction of sp³-hybridized carbons (Fsp3) is 0.471. The number of para-hydroxylation sites is 1. The predicted molar refractivity (Wildman–Crippen MR) is 81.2 cm³/mol. The summed E-state index contributed by atoms with van der Waals surface area (Å²) < 4.78 is 5.25.